The topological polar surface area (TPSA) is 91.7 Å². The lowest BCUT2D eigenvalue weighted by Crippen LogP contribution is -2.22. The van der Waals surface area contributed by atoms with Crippen molar-refractivity contribution in [2.24, 2.45) is 0 Å². The van der Waals surface area contributed by atoms with Gasteiger partial charge in [-0.25, -0.2) is 4.68 Å². The van der Waals surface area contributed by atoms with Crippen molar-refractivity contribution in [3.05, 3.63) is 65.5 Å². The summed E-state index contributed by atoms with van der Waals surface area (Å²) in [4.78, 5) is 24.6. The first-order valence-electron chi connectivity index (χ1n) is 9.71. The second-order valence-electron chi connectivity index (χ2n) is 6.85. The largest absolute Gasteiger partial charge is 0.497 e. The number of aryl methyl sites for hydroxylation is 1. The Labute approximate surface area is 180 Å². The van der Waals surface area contributed by atoms with Crippen LogP contribution in [0.3, 0.4) is 0 Å². The molecule has 3 aromatic rings. The lowest BCUT2D eigenvalue weighted by atomic mass is 10.1. The molecular formula is C23H25N3O5. The molecule has 3 rings (SSSR count). The molecule has 8 nitrogen and oxygen atoms in total. The zero-order valence-electron chi connectivity index (χ0n) is 18.0. The molecular weight excluding hydrogens is 398 g/mol. The maximum absolute atomic E-state index is 12.3. The quantitative estimate of drug-likeness (QED) is 0.560. The number of aromatic nitrogens is 2. The number of hydrogen-bond donors (Lipinski definition) is 1. The summed E-state index contributed by atoms with van der Waals surface area (Å²) in [7, 11) is 3.03. The van der Waals surface area contributed by atoms with Crippen molar-refractivity contribution in [1.29, 1.82) is 0 Å². The Balaban J connectivity index is 1.60. The molecule has 8 heteroatoms. The van der Waals surface area contributed by atoms with Gasteiger partial charge in [0.05, 0.1) is 37.7 Å². The van der Waals surface area contributed by atoms with Crippen LogP contribution in [-0.4, -0.2) is 42.5 Å². The Kier molecular flexibility index (Phi) is 6.92. The average molecular weight is 423 g/mol. The van der Waals surface area contributed by atoms with Gasteiger partial charge in [0.1, 0.15) is 11.5 Å². The minimum Gasteiger partial charge on any atom is -0.497 e. The molecule has 0 aliphatic heterocycles. The van der Waals surface area contributed by atoms with E-state index in [1.165, 1.54) is 7.11 Å². The Bertz CT molecular complexity index is 1080. The van der Waals surface area contributed by atoms with Gasteiger partial charge in [0, 0.05) is 17.3 Å². The number of ether oxygens (including phenoxy) is 3. The van der Waals surface area contributed by atoms with Crippen LogP contribution in [0.5, 0.6) is 11.5 Å². The first-order valence-corrected chi connectivity index (χ1v) is 9.71. The molecule has 162 valence electrons. The number of esters is 1. The number of rotatable bonds is 8. The number of benzene rings is 2. The molecule has 2 aromatic carbocycles. The van der Waals surface area contributed by atoms with E-state index in [9.17, 15) is 9.59 Å². The summed E-state index contributed by atoms with van der Waals surface area (Å²) in [6.07, 6.45) is 0.0314. The van der Waals surface area contributed by atoms with E-state index in [-0.39, 0.29) is 6.42 Å². The zero-order valence-corrected chi connectivity index (χ0v) is 18.0. The maximum atomic E-state index is 12.3. The number of methoxy groups -OCH3 is 2. The number of amides is 1. The number of carbonyl (C=O) groups is 2. The van der Waals surface area contributed by atoms with Gasteiger partial charge in [-0.1, -0.05) is 18.2 Å². The minimum atomic E-state index is -0.504. The van der Waals surface area contributed by atoms with Crippen LogP contribution in [0.25, 0.3) is 5.69 Å². The molecule has 1 N–H and O–H groups in total. The Morgan fingerprint density at radius 2 is 1.77 bits per heavy atom. The molecule has 0 fully saturated rings. The van der Waals surface area contributed by atoms with Crippen LogP contribution < -0.4 is 14.8 Å². The second-order valence-corrected chi connectivity index (χ2v) is 6.85. The van der Waals surface area contributed by atoms with Crippen LogP contribution in [0.4, 0.5) is 5.69 Å². The summed E-state index contributed by atoms with van der Waals surface area (Å²) in [5, 5.41) is 7.19. The summed E-state index contributed by atoms with van der Waals surface area (Å²) in [5.41, 5.74) is 3.75. The van der Waals surface area contributed by atoms with E-state index < -0.39 is 18.5 Å². The van der Waals surface area contributed by atoms with Gasteiger partial charge in [0.2, 0.25) is 0 Å². The number of hydrogen-bond acceptors (Lipinski definition) is 6. The van der Waals surface area contributed by atoms with Crippen molar-refractivity contribution in [3.63, 3.8) is 0 Å². The van der Waals surface area contributed by atoms with Gasteiger partial charge in [-0.3, -0.25) is 9.59 Å². The van der Waals surface area contributed by atoms with E-state index in [0.717, 1.165) is 22.6 Å². The van der Waals surface area contributed by atoms with E-state index >= 15 is 0 Å². The first kappa shape index (κ1) is 21.9. The van der Waals surface area contributed by atoms with Crippen molar-refractivity contribution in [3.8, 4) is 17.2 Å². The van der Waals surface area contributed by atoms with Gasteiger partial charge in [0.15, 0.2) is 6.61 Å². The lowest BCUT2D eigenvalue weighted by Gasteiger charge is -2.12. The lowest BCUT2D eigenvalue weighted by molar-refractivity contribution is -0.146. The molecule has 1 aromatic heterocycles. The second kappa shape index (κ2) is 9.80. The minimum absolute atomic E-state index is 0.0314. The molecule has 0 spiro atoms. The fourth-order valence-electron chi connectivity index (χ4n) is 3.18. The van der Waals surface area contributed by atoms with Gasteiger partial charge in [-0.05, 0) is 38.1 Å². The van der Waals surface area contributed by atoms with Crippen molar-refractivity contribution in [2.45, 2.75) is 20.3 Å². The molecule has 0 saturated heterocycles. The summed E-state index contributed by atoms with van der Waals surface area (Å²) >= 11 is 0. The predicted octanol–water partition coefficient (Wildman–Crippen LogP) is 3.23. The molecule has 0 bridgehead atoms. The highest BCUT2D eigenvalue weighted by Gasteiger charge is 2.18. The monoisotopic (exact) mass is 423 g/mol. The number of para-hydroxylation sites is 1. The van der Waals surface area contributed by atoms with E-state index in [0.29, 0.717) is 17.2 Å². The van der Waals surface area contributed by atoms with E-state index in [2.05, 4.69) is 10.4 Å². The van der Waals surface area contributed by atoms with Crippen molar-refractivity contribution >= 4 is 17.6 Å². The van der Waals surface area contributed by atoms with E-state index in [1.54, 1.807) is 30.0 Å². The van der Waals surface area contributed by atoms with Crippen LogP contribution >= 0.6 is 0 Å². The first-order chi connectivity index (χ1) is 14.9. The number of nitrogens with zero attached hydrogens (tertiary/aromatic N) is 2. The smallest absolute Gasteiger partial charge is 0.310 e. The predicted molar refractivity (Wildman–Crippen MR) is 116 cm³/mol. The SMILES string of the molecule is COc1ccc(NC(=O)COC(=O)Cc2c(C)nn(-c3ccccc3)c2C)c(OC)c1. The highest BCUT2D eigenvalue weighted by molar-refractivity contribution is 5.94. The van der Waals surface area contributed by atoms with E-state index in [1.807, 2.05) is 44.2 Å². The van der Waals surface area contributed by atoms with Crippen molar-refractivity contribution < 1.29 is 23.8 Å². The van der Waals surface area contributed by atoms with Crippen molar-refractivity contribution in [1.82, 2.24) is 9.78 Å². The van der Waals surface area contributed by atoms with E-state index in [4.69, 9.17) is 14.2 Å². The fraction of sp³-hybridized carbons (Fsp3) is 0.261. The van der Waals surface area contributed by atoms with Gasteiger partial charge in [-0.2, -0.15) is 5.10 Å². The van der Waals surface area contributed by atoms with Crippen molar-refractivity contribution in [2.75, 3.05) is 26.1 Å². The standard InChI is InChI=1S/C23H25N3O5/c1-15-19(16(2)26(25-15)17-8-6-5-7-9-17)13-23(28)31-14-22(27)24-20-11-10-18(29-3)12-21(20)30-4/h5-12H,13-14H2,1-4H3,(H,24,27). The highest BCUT2D eigenvalue weighted by Crippen LogP contribution is 2.29. The Morgan fingerprint density at radius 1 is 1.03 bits per heavy atom. The van der Waals surface area contributed by atoms with Crippen LogP contribution in [0, 0.1) is 13.8 Å². The van der Waals surface area contributed by atoms with Gasteiger partial charge in [0.25, 0.3) is 5.91 Å². The van der Waals surface area contributed by atoms with Gasteiger partial charge >= 0.3 is 5.97 Å². The summed E-state index contributed by atoms with van der Waals surface area (Å²) in [6, 6.07) is 14.7. The van der Waals surface area contributed by atoms with Crippen LogP contribution in [0.15, 0.2) is 48.5 Å². The maximum Gasteiger partial charge on any atom is 0.310 e. The molecule has 31 heavy (non-hydrogen) atoms. The summed E-state index contributed by atoms with van der Waals surface area (Å²) < 4.78 is 17.3. The molecule has 1 heterocycles. The molecule has 1 amide bonds. The average Bonchev–Trinajstić information content (AvgIpc) is 3.06. The summed E-state index contributed by atoms with van der Waals surface area (Å²) in [6.45, 7) is 3.34. The molecule has 0 aliphatic carbocycles. The number of anilines is 1. The van der Waals surface area contributed by atoms with Gasteiger partial charge < -0.3 is 19.5 Å². The fourth-order valence-corrected chi connectivity index (χ4v) is 3.18. The molecule has 0 aliphatic rings. The molecule has 0 radical (unpaired) electrons. The highest BCUT2D eigenvalue weighted by atomic mass is 16.5. The van der Waals surface area contributed by atoms with Gasteiger partial charge in [-0.15, -0.1) is 0 Å². The Hall–Kier alpha value is -3.81. The Morgan fingerprint density at radius 3 is 2.45 bits per heavy atom. The van der Waals surface area contributed by atoms with Crippen LogP contribution in [0.1, 0.15) is 17.0 Å². The number of carbonyl (C=O) groups excluding carboxylic acids is 2. The van der Waals surface area contributed by atoms with Crippen LogP contribution in [-0.2, 0) is 20.7 Å². The third kappa shape index (κ3) is 5.22. The normalized spacial score (nSPS) is 10.5. The molecule has 0 saturated carbocycles. The third-order valence-corrected chi connectivity index (χ3v) is 4.81. The number of nitrogens with one attached hydrogen (secondary N) is 1. The zero-order chi connectivity index (χ0) is 22.4. The summed E-state index contributed by atoms with van der Waals surface area (Å²) in [5.74, 6) is 0.0718. The third-order valence-electron chi connectivity index (χ3n) is 4.81. The van der Waals surface area contributed by atoms with Crippen LogP contribution in [0.2, 0.25) is 0 Å². The molecule has 0 atom stereocenters. The molecule has 0 unspecified atom stereocenters.